The first-order valence-corrected chi connectivity index (χ1v) is 10.2. The molecule has 0 bridgehead atoms. The van der Waals surface area contributed by atoms with Crippen molar-refractivity contribution in [3.8, 4) is 5.75 Å². The Balaban J connectivity index is 1.88. The van der Waals surface area contributed by atoms with Gasteiger partial charge in [-0.1, -0.05) is 30.3 Å². The van der Waals surface area contributed by atoms with E-state index in [0.717, 1.165) is 23.1 Å². The molecule has 0 aliphatic carbocycles. The van der Waals surface area contributed by atoms with E-state index in [1.54, 1.807) is 24.3 Å². The van der Waals surface area contributed by atoms with Gasteiger partial charge in [-0.25, -0.2) is 8.42 Å². The summed E-state index contributed by atoms with van der Waals surface area (Å²) < 4.78 is 31.4. The predicted octanol–water partition coefficient (Wildman–Crippen LogP) is 2.86. The number of rotatable bonds is 3. The molecule has 1 aliphatic rings. The standard InChI is InChI=1S/C19H22N2O4S/c1-13-7-6-8-14(2)18(13)20-19(22)17-11-12-21(26(3,23)24)15-9-4-5-10-16(15)25-17/h4-10,17H,11-12H2,1-3H3,(H,20,22). The van der Waals surface area contributed by atoms with E-state index in [1.807, 2.05) is 32.0 Å². The van der Waals surface area contributed by atoms with Gasteiger partial charge in [0, 0.05) is 18.7 Å². The molecule has 0 spiro atoms. The second-order valence-corrected chi connectivity index (χ2v) is 8.36. The van der Waals surface area contributed by atoms with Crippen molar-refractivity contribution >= 4 is 27.3 Å². The fraction of sp³-hybridized carbons (Fsp3) is 0.316. The van der Waals surface area contributed by atoms with Crippen LogP contribution in [0.15, 0.2) is 42.5 Å². The SMILES string of the molecule is Cc1cccc(C)c1NC(=O)C1CCN(S(C)(=O)=O)c2ccccc2O1. The summed E-state index contributed by atoms with van der Waals surface area (Å²) >= 11 is 0. The van der Waals surface area contributed by atoms with E-state index in [9.17, 15) is 13.2 Å². The van der Waals surface area contributed by atoms with Crippen LogP contribution in [0.5, 0.6) is 5.75 Å². The highest BCUT2D eigenvalue weighted by Crippen LogP contribution is 2.34. The van der Waals surface area contributed by atoms with Crippen LogP contribution in [0, 0.1) is 13.8 Å². The first kappa shape index (κ1) is 18.3. The number of benzene rings is 2. The quantitative estimate of drug-likeness (QED) is 0.896. The van der Waals surface area contributed by atoms with Crippen LogP contribution >= 0.6 is 0 Å². The van der Waals surface area contributed by atoms with Crippen molar-refractivity contribution in [3.05, 3.63) is 53.6 Å². The van der Waals surface area contributed by atoms with E-state index in [0.29, 0.717) is 11.4 Å². The minimum Gasteiger partial charge on any atom is -0.478 e. The molecule has 3 rings (SSSR count). The third-order valence-corrected chi connectivity index (χ3v) is 5.60. The van der Waals surface area contributed by atoms with Gasteiger partial charge in [0.25, 0.3) is 5.91 Å². The van der Waals surface area contributed by atoms with E-state index in [1.165, 1.54) is 4.31 Å². The minimum atomic E-state index is -3.46. The van der Waals surface area contributed by atoms with E-state index in [2.05, 4.69) is 5.32 Å². The lowest BCUT2D eigenvalue weighted by Gasteiger charge is -2.20. The van der Waals surface area contributed by atoms with Gasteiger partial charge in [-0.15, -0.1) is 0 Å². The Morgan fingerprint density at radius 1 is 1.12 bits per heavy atom. The first-order chi connectivity index (χ1) is 12.3. The molecular formula is C19H22N2O4S. The van der Waals surface area contributed by atoms with Crippen molar-refractivity contribution in [2.75, 3.05) is 22.4 Å². The number of nitrogens with zero attached hydrogens (tertiary/aromatic N) is 1. The van der Waals surface area contributed by atoms with Crippen molar-refractivity contribution in [1.82, 2.24) is 0 Å². The van der Waals surface area contributed by atoms with Crippen LogP contribution in [0.25, 0.3) is 0 Å². The highest BCUT2D eigenvalue weighted by Gasteiger charge is 2.31. The van der Waals surface area contributed by atoms with Gasteiger partial charge >= 0.3 is 0 Å². The summed E-state index contributed by atoms with van der Waals surface area (Å²) in [5.41, 5.74) is 3.14. The molecule has 0 saturated heterocycles. The van der Waals surface area contributed by atoms with Crippen molar-refractivity contribution in [1.29, 1.82) is 0 Å². The van der Waals surface area contributed by atoms with E-state index < -0.39 is 16.1 Å². The van der Waals surface area contributed by atoms with Crippen LogP contribution in [-0.2, 0) is 14.8 Å². The number of carbonyl (C=O) groups is 1. The molecule has 1 amide bonds. The maximum absolute atomic E-state index is 12.8. The molecule has 1 unspecified atom stereocenters. The molecule has 26 heavy (non-hydrogen) atoms. The number of hydrogen-bond donors (Lipinski definition) is 1. The van der Waals surface area contributed by atoms with E-state index in [4.69, 9.17) is 4.74 Å². The number of aryl methyl sites for hydroxylation is 2. The van der Waals surface area contributed by atoms with Gasteiger partial charge in [-0.05, 0) is 37.1 Å². The molecule has 1 N–H and O–H groups in total. The highest BCUT2D eigenvalue weighted by atomic mass is 32.2. The van der Waals surface area contributed by atoms with Crippen LogP contribution in [-0.4, -0.2) is 33.2 Å². The van der Waals surface area contributed by atoms with Gasteiger partial charge in [0.1, 0.15) is 5.75 Å². The lowest BCUT2D eigenvalue weighted by Crippen LogP contribution is -2.36. The van der Waals surface area contributed by atoms with Crippen LogP contribution in [0.1, 0.15) is 17.5 Å². The molecule has 0 fully saturated rings. The summed E-state index contributed by atoms with van der Waals surface area (Å²) in [7, 11) is -3.46. The number of hydrogen-bond acceptors (Lipinski definition) is 4. The zero-order valence-electron chi connectivity index (χ0n) is 15.0. The zero-order valence-corrected chi connectivity index (χ0v) is 15.8. The molecule has 0 saturated carbocycles. The maximum atomic E-state index is 12.8. The summed E-state index contributed by atoms with van der Waals surface area (Å²) in [6.07, 6.45) is 0.640. The van der Waals surface area contributed by atoms with Crippen molar-refractivity contribution < 1.29 is 17.9 Å². The second-order valence-electron chi connectivity index (χ2n) is 6.45. The molecular weight excluding hydrogens is 352 g/mol. The molecule has 1 aliphatic heterocycles. The average molecular weight is 374 g/mol. The molecule has 1 atom stereocenters. The average Bonchev–Trinajstić information content (AvgIpc) is 2.77. The zero-order chi connectivity index (χ0) is 18.9. The van der Waals surface area contributed by atoms with Crippen LogP contribution < -0.4 is 14.4 Å². The number of para-hydroxylation sites is 3. The molecule has 138 valence electrons. The monoisotopic (exact) mass is 374 g/mol. The number of ether oxygens (including phenoxy) is 1. The van der Waals surface area contributed by atoms with Gasteiger partial charge in [0.15, 0.2) is 6.10 Å². The summed E-state index contributed by atoms with van der Waals surface area (Å²) in [6, 6.07) is 12.7. The van der Waals surface area contributed by atoms with Gasteiger partial charge in [0.2, 0.25) is 10.0 Å². The summed E-state index contributed by atoms with van der Waals surface area (Å²) in [4.78, 5) is 12.8. The Kier molecular flexibility index (Phi) is 4.91. The van der Waals surface area contributed by atoms with E-state index >= 15 is 0 Å². The van der Waals surface area contributed by atoms with Gasteiger partial charge in [-0.3, -0.25) is 9.10 Å². The maximum Gasteiger partial charge on any atom is 0.265 e. The number of fused-ring (bicyclic) bond motifs is 1. The predicted molar refractivity (Wildman–Crippen MR) is 102 cm³/mol. The lowest BCUT2D eigenvalue weighted by molar-refractivity contribution is -0.122. The van der Waals surface area contributed by atoms with Crippen LogP contribution in [0.2, 0.25) is 0 Å². The molecule has 1 heterocycles. The summed E-state index contributed by atoms with van der Waals surface area (Å²) in [5, 5.41) is 2.93. The molecule has 0 radical (unpaired) electrons. The third-order valence-electron chi connectivity index (χ3n) is 4.42. The van der Waals surface area contributed by atoms with Gasteiger partial charge in [0.05, 0.1) is 11.9 Å². The van der Waals surface area contributed by atoms with Crippen molar-refractivity contribution in [2.45, 2.75) is 26.4 Å². The van der Waals surface area contributed by atoms with Crippen molar-refractivity contribution in [2.24, 2.45) is 0 Å². The Hall–Kier alpha value is -2.54. The molecule has 0 aromatic heterocycles. The minimum absolute atomic E-state index is 0.181. The Labute approximate surface area is 153 Å². The Morgan fingerprint density at radius 3 is 2.42 bits per heavy atom. The van der Waals surface area contributed by atoms with Crippen LogP contribution in [0.4, 0.5) is 11.4 Å². The summed E-state index contributed by atoms with van der Waals surface area (Å²) in [6.45, 7) is 4.04. The Morgan fingerprint density at radius 2 is 1.77 bits per heavy atom. The Bertz CT molecular complexity index is 920. The number of carbonyl (C=O) groups excluding carboxylic acids is 1. The first-order valence-electron chi connectivity index (χ1n) is 8.38. The molecule has 7 heteroatoms. The normalized spacial score (nSPS) is 17.0. The second kappa shape index (κ2) is 6.99. The number of sulfonamides is 1. The fourth-order valence-electron chi connectivity index (χ4n) is 3.07. The molecule has 2 aromatic carbocycles. The largest absolute Gasteiger partial charge is 0.478 e. The number of anilines is 2. The highest BCUT2D eigenvalue weighted by molar-refractivity contribution is 7.92. The summed E-state index contributed by atoms with van der Waals surface area (Å²) in [5.74, 6) is 0.102. The lowest BCUT2D eigenvalue weighted by atomic mass is 10.1. The number of nitrogens with one attached hydrogen (secondary N) is 1. The number of amides is 1. The van der Waals surface area contributed by atoms with Gasteiger partial charge in [-0.2, -0.15) is 0 Å². The molecule has 2 aromatic rings. The molecule has 6 nitrogen and oxygen atoms in total. The third kappa shape index (κ3) is 3.67. The topological polar surface area (TPSA) is 75.7 Å². The fourth-order valence-corrected chi connectivity index (χ4v) is 4.02. The van der Waals surface area contributed by atoms with Crippen LogP contribution in [0.3, 0.4) is 0 Å². The van der Waals surface area contributed by atoms with E-state index in [-0.39, 0.29) is 18.9 Å². The van der Waals surface area contributed by atoms with Crippen molar-refractivity contribution in [3.63, 3.8) is 0 Å². The van der Waals surface area contributed by atoms with Gasteiger partial charge < -0.3 is 10.1 Å². The smallest absolute Gasteiger partial charge is 0.265 e.